The fraction of sp³-hybridized carbons (Fsp3) is 0.0455. The Balaban J connectivity index is 1.60. The van der Waals surface area contributed by atoms with Crippen molar-refractivity contribution in [2.24, 2.45) is 0 Å². The second-order valence-corrected chi connectivity index (χ2v) is 6.41. The first-order valence-electron chi connectivity index (χ1n) is 8.63. The zero-order chi connectivity index (χ0) is 20.5. The minimum atomic E-state index is -0.892. The molecule has 4 rings (SSSR count). The molecule has 1 aliphatic rings. The van der Waals surface area contributed by atoms with Gasteiger partial charge in [-0.25, -0.2) is 9.59 Å². The van der Waals surface area contributed by atoms with Crippen LogP contribution in [0.5, 0.6) is 5.75 Å². The molecule has 0 atom stereocenters. The predicted molar refractivity (Wildman–Crippen MR) is 101 cm³/mol. The summed E-state index contributed by atoms with van der Waals surface area (Å²) < 4.78 is 5.36. The van der Waals surface area contributed by atoms with E-state index in [4.69, 9.17) is 9.99 Å². The summed E-state index contributed by atoms with van der Waals surface area (Å²) in [4.78, 5) is 40.2. The van der Waals surface area contributed by atoms with Crippen LogP contribution >= 0.6 is 0 Å². The summed E-state index contributed by atoms with van der Waals surface area (Å²) >= 11 is 0. The van der Waals surface area contributed by atoms with Gasteiger partial charge in [0.2, 0.25) is 0 Å². The smallest absolute Gasteiger partial charge is 0.372 e. The van der Waals surface area contributed by atoms with Crippen LogP contribution in [0.15, 0.2) is 60.7 Å². The van der Waals surface area contributed by atoms with Gasteiger partial charge in [0.15, 0.2) is 5.78 Å². The molecule has 0 bridgehead atoms. The van der Waals surface area contributed by atoms with Crippen molar-refractivity contribution < 1.29 is 34.4 Å². The first-order valence-corrected chi connectivity index (χ1v) is 8.63. The Bertz CT molecular complexity index is 1150. The Kier molecular flexibility index (Phi) is 4.58. The van der Waals surface area contributed by atoms with E-state index in [1.165, 1.54) is 24.3 Å². The normalized spacial score (nSPS) is 11.6. The Morgan fingerprint density at radius 3 is 2.21 bits per heavy atom. The second-order valence-electron chi connectivity index (χ2n) is 6.41. The van der Waals surface area contributed by atoms with Crippen LogP contribution in [0.3, 0.4) is 0 Å². The number of benzene rings is 3. The highest BCUT2D eigenvalue weighted by atomic mass is 17.1. The van der Waals surface area contributed by atoms with Crippen LogP contribution in [-0.4, -0.2) is 28.1 Å². The number of aromatic hydroxyl groups is 1. The molecule has 144 valence electrons. The molecular formula is C22H14O7. The fourth-order valence-corrected chi connectivity index (χ4v) is 3.32. The van der Waals surface area contributed by atoms with Gasteiger partial charge in [0.25, 0.3) is 0 Å². The van der Waals surface area contributed by atoms with Crippen LogP contribution in [0.4, 0.5) is 0 Å². The van der Waals surface area contributed by atoms with E-state index < -0.39 is 11.9 Å². The highest BCUT2D eigenvalue weighted by molar-refractivity contribution is 6.25. The van der Waals surface area contributed by atoms with E-state index in [1.54, 1.807) is 36.4 Å². The second kappa shape index (κ2) is 7.21. The number of hydrogen-bond acceptors (Lipinski definition) is 7. The molecule has 0 radical (unpaired) electrons. The van der Waals surface area contributed by atoms with Crippen molar-refractivity contribution in [3.8, 4) is 16.9 Å². The largest absolute Gasteiger partial charge is 0.507 e. The fourth-order valence-electron chi connectivity index (χ4n) is 3.32. The summed E-state index contributed by atoms with van der Waals surface area (Å²) in [6, 6.07) is 15.5. The van der Waals surface area contributed by atoms with Gasteiger partial charge in [0, 0.05) is 11.1 Å². The predicted octanol–water partition coefficient (Wildman–Crippen LogP) is 3.59. The quantitative estimate of drug-likeness (QED) is 0.311. The lowest BCUT2D eigenvalue weighted by atomic mass is 9.99. The van der Waals surface area contributed by atoms with Gasteiger partial charge in [-0.1, -0.05) is 36.4 Å². The minimum absolute atomic E-state index is 0.0709. The van der Waals surface area contributed by atoms with Crippen LogP contribution in [0.2, 0.25) is 0 Å². The molecule has 3 aromatic rings. The third-order valence-corrected chi connectivity index (χ3v) is 4.71. The molecule has 0 aromatic heterocycles. The number of phenolic OH excluding ortho intramolecular Hbond substituents is 1. The maximum atomic E-state index is 12.7. The zero-order valence-electron chi connectivity index (χ0n) is 14.9. The zero-order valence-corrected chi connectivity index (χ0v) is 14.9. The van der Waals surface area contributed by atoms with E-state index in [9.17, 15) is 19.5 Å². The number of carbonyl (C=O) groups excluding carboxylic acids is 3. The number of phenols is 1. The molecular weight excluding hydrogens is 376 g/mol. The van der Waals surface area contributed by atoms with E-state index in [-0.39, 0.29) is 34.8 Å². The first kappa shape index (κ1) is 18.4. The van der Waals surface area contributed by atoms with Gasteiger partial charge < -0.3 is 9.84 Å². The van der Waals surface area contributed by atoms with E-state index >= 15 is 0 Å². The van der Waals surface area contributed by atoms with Crippen molar-refractivity contribution in [3.63, 3.8) is 0 Å². The van der Waals surface area contributed by atoms with E-state index in [1.807, 2.05) is 0 Å². The lowest BCUT2D eigenvalue weighted by Crippen LogP contribution is -2.08. The minimum Gasteiger partial charge on any atom is -0.507 e. The number of esters is 1. The Morgan fingerprint density at radius 1 is 0.828 bits per heavy atom. The van der Waals surface area contributed by atoms with E-state index in [0.717, 1.165) is 0 Å². The maximum absolute atomic E-state index is 12.7. The lowest BCUT2D eigenvalue weighted by Gasteiger charge is -2.10. The summed E-state index contributed by atoms with van der Waals surface area (Å²) in [5.41, 5.74) is 2.38. The SMILES string of the molecule is O=C(OO)c1ccc(COC(=O)c2ccc(O)c3c2-c2ccccc2C3=O)cc1. The molecule has 0 amide bonds. The Hall–Kier alpha value is -3.97. The van der Waals surface area contributed by atoms with Crippen molar-refractivity contribution >= 4 is 17.7 Å². The van der Waals surface area contributed by atoms with Gasteiger partial charge in [-0.2, -0.15) is 5.26 Å². The Labute approximate surface area is 164 Å². The molecule has 1 aliphatic carbocycles. The monoisotopic (exact) mass is 390 g/mol. The average molecular weight is 390 g/mol. The van der Waals surface area contributed by atoms with E-state index in [2.05, 4.69) is 4.89 Å². The molecule has 0 fully saturated rings. The maximum Gasteiger partial charge on any atom is 0.372 e. The number of ether oxygens (including phenoxy) is 1. The van der Waals surface area contributed by atoms with Gasteiger partial charge in [-0.3, -0.25) is 9.68 Å². The number of ketones is 1. The number of fused-ring (bicyclic) bond motifs is 3. The first-order chi connectivity index (χ1) is 14.0. The summed E-state index contributed by atoms with van der Waals surface area (Å²) in [5.74, 6) is -2.07. The summed E-state index contributed by atoms with van der Waals surface area (Å²) in [6.07, 6.45) is 0. The lowest BCUT2D eigenvalue weighted by molar-refractivity contribution is -0.182. The molecule has 0 spiro atoms. The standard InChI is InChI=1S/C22H14O7/c23-17-10-9-16(18-14-3-1-2-4-15(14)20(24)19(17)18)22(26)28-11-12-5-7-13(8-6-12)21(25)29-27/h1-10,23,27H,11H2. The van der Waals surface area contributed by atoms with Crippen molar-refractivity contribution in [1.29, 1.82) is 0 Å². The third kappa shape index (κ3) is 3.13. The topological polar surface area (TPSA) is 110 Å². The Morgan fingerprint density at radius 2 is 1.52 bits per heavy atom. The van der Waals surface area contributed by atoms with E-state index in [0.29, 0.717) is 22.3 Å². The molecule has 0 heterocycles. The third-order valence-electron chi connectivity index (χ3n) is 4.71. The van der Waals surface area contributed by atoms with Gasteiger partial charge in [-0.15, -0.1) is 0 Å². The van der Waals surface area contributed by atoms with Crippen LogP contribution < -0.4 is 0 Å². The number of rotatable bonds is 4. The molecule has 29 heavy (non-hydrogen) atoms. The van der Waals surface area contributed by atoms with Crippen molar-refractivity contribution in [2.45, 2.75) is 6.61 Å². The molecule has 7 heteroatoms. The summed E-state index contributed by atoms with van der Waals surface area (Å²) in [5, 5.41) is 18.5. The molecule has 0 aliphatic heterocycles. The number of hydrogen-bond donors (Lipinski definition) is 2. The molecule has 0 saturated carbocycles. The average Bonchev–Trinajstić information content (AvgIpc) is 3.06. The van der Waals surface area contributed by atoms with Crippen molar-refractivity contribution in [1.82, 2.24) is 0 Å². The van der Waals surface area contributed by atoms with Gasteiger partial charge in [-0.05, 0) is 35.4 Å². The van der Waals surface area contributed by atoms with Crippen LogP contribution in [-0.2, 0) is 16.2 Å². The molecule has 0 unspecified atom stereocenters. The van der Waals surface area contributed by atoms with Gasteiger partial charge in [0.05, 0.1) is 16.7 Å². The van der Waals surface area contributed by atoms with Gasteiger partial charge >= 0.3 is 11.9 Å². The summed E-state index contributed by atoms with van der Waals surface area (Å²) in [6.45, 7) is -0.0709. The number of carbonyl (C=O) groups is 3. The highest BCUT2D eigenvalue weighted by Crippen LogP contribution is 2.43. The molecule has 0 saturated heterocycles. The molecule has 3 aromatic carbocycles. The van der Waals surface area contributed by atoms with Crippen molar-refractivity contribution in [2.75, 3.05) is 0 Å². The molecule has 2 N–H and O–H groups in total. The van der Waals surface area contributed by atoms with Crippen LogP contribution in [0, 0.1) is 0 Å². The van der Waals surface area contributed by atoms with Gasteiger partial charge in [0.1, 0.15) is 12.4 Å². The summed E-state index contributed by atoms with van der Waals surface area (Å²) in [7, 11) is 0. The van der Waals surface area contributed by atoms with Crippen LogP contribution in [0.1, 0.15) is 42.2 Å². The van der Waals surface area contributed by atoms with Crippen molar-refractivity contribution in [3.05, 3.63) is 88.5 Å². The van der Waals surface area contributed by atoms with Crippen LogP contribution in [0.25, 0.3) is 11.1 Å². The molecule has 7 nitrogen and oxygen atoms in total. The highest BCUT2D eigenvalue weighted by Gasteiger charge is 2.33.